The van der Waals surface area contributed by atoms with Crippen molar-refractivity contribution in [1.82, 2.24) is 5.43 Å². The van der Waals surface area contributed by atoms with Crippen molar-refractivity contribution in [2.45, 2.75) is 26.7 Å². The van der Waals surface area contributed by atoms with Gasteiger partial charge in [-0.15, -0.1) is 0 Å². The number of nitrogens with zero attached hydrogens (tertiary/aromatic N) is 1. The second kappa shape index (κ2) is 8.97. The van der Waals surface area contributed by atoms with Crippen molar-refractivity contribution in [1.29, 1.82) is 0 Å². The van der Waals surface area contributed by atoms with Gasteiger partial charge in [-0.1, -0.05) is 0 Å². The van der Waals surface area contributed by atoms with Crippen molar-refractivity contribution in [3.05, 3.63) is 0 Å². The third-order valence-corrected chi connectivity index (χ3v) is 1.57. The maximum Gasteiger partial charge on any atom is 0.315 e. The summed E-state index contributed by atoms with van der Waals surface area (Å²) < 4.78 is 9.19. The lowest BCUT2D eigenvalue weighted by Crippen LogP contribution is -2.27. The molecule has 0 aliphatic rings. The van der Waals surface area contributed by atoms with Gasteiger partial charge in [-0.05, 0) is 13.8 Å². The highest BCUT2D eigenvalue weighted by Gasteiger charge is 2.10. The molecule has 0 saturated carbocycles. The fourth-order valence-electron chi connectivity index (χ4n) is 0.916. The predicted octanol–water partition coefficient (Wildman–Crippen LogP) is -0.719. The maximum atomic E-state index is 11.2. The van der Waals surface area contributed by atoms with E-state index in [4.69, 9.17) is 5.73 Å². The number of carbonyl (C=O) groups is 3. The summed E-state index contributed by atoms with van der Waals surface area (Å²) >= 11 is 0. The molecule has 0 atom stereocenters. The van der Waals surface area contributed by atoms with Gasteiger partial charge in [-0.3, -0.25) is 14.4 Å². The number of amides is 1. The normalized spacial score (nSPS) is 10.7. The van der Waals surface area contributed by atoms with Crippen molar-refractivity contribution in [3.63, 3.8) is 0 Å². The van der Waals surface area contributed by atoms with Gasteiger partial charge in [0.25, 0.3) is 5.91 Å². The fourth-order valence-corrected chi connectivity index (χ4v) is 0.916. The summed E-state index contributed by atoms with van der Waals surface area (Å²) in [5, 5.41) is 3.45. The van der Waals surface area contributed by atoms with Gasteiger partial charge in [-0.25, -0.2) is 5.43 Å². The Bertz CT molecular complexity index is 340. The lowest BCUT2D eigenvalue weighted by Gasteiger charge is -2.03. The van der Waals surface area contributed by atoms with Gasteiger partial charge in [0, 0.05) is 0 Å². The number of hydrogen-bond donors (Lipinski definition) is 2. The molecule has 18 heavy (non-hydrogen) atoms. The van der Waals surface area contributed by atoms with Crippen molar-refractivity contribution in [2.24, 2.45) is 10.8 Å². The monoisotopic (exact) mass is 259 g/mol. The van der Waals surface area contributed by atoms with Crippen LogP contribution in [0, 0.1) is 0 Å². The molecule has 0 fully saturated rings. The van der Waals surface area contributed by atoms with E-state index in [-0.39, 0.29) is 25.5 Å². The first kappa shape index (κ1) is 15.9. The predicted molar refractivity (Wildman–Crippen MR) is 62.3 cm³/mol. The molecule has 0 aromatic rings. The minimum Gasteiger partial charge on any atom is -0.466 e. The van der Waals surface area contributed by atoms with Crippen LogP contribution in [-0.2, 0) is 23.9 Å². The Morgan fingerprint density at radius 3 is 2.06 bits per heavy atom. The van der Waals surface area contributed by atoms with Crippen molar-refractivity contribution in [2.75, 3.05) is 13.2 Å². The molecule has 0 aliphatic carbocycles. The van der Waals surface area contributed by atoms with Crippen molar-refractivity contribution >= 4 is 23.7 Å². The summed E-state index contributed by atoms with van der Waals surface area (Å²) in [7, 11) is 0. The lowest BCUT2D eigenvalue weighted by atomic mass is 10.4. The summed E-state index contributed by atoms with van der Waals surface area (Å²) in [4.78, 5) is 33.1. The molecule has 0 aliphatic heterocycles. The Labute approximate surface area is 104 Å². The minimum atomic E-state index is -0.666. The van der Waals surface area contributed by atoms with Crippen LogP contribution in [0.5, 0.6) is 0 Å². The summed E-state index contributed by atoms with van der Waals surface area (Å²) in [6, 6.07) is 0. The summed E-state index contributed by atoms with van der Waals surface area (Å²) in [6.45, 7) is 3.72. The van der Waals surface area contributed by atoms with Gasteiger partial charge < -0.3 is 15.2 Å². The van der Waals surface area contributed by atoms with Crippen molar-refractivity contribution < 1.29 is 23.9 Å². The molecule has 1 amide bonds. The smallest absolute Gasteiger partial charge is 0.315 e. The molecule has 0 radical (unpaired) electrons. The Kier molecular flexibility index (Phi) is 7.91. The van der Waals surface area contributed by atoms with Gasteiger partial charge >= 0.3 is 11.9 Å². The number of ether oxygens (including phenoxy) is 2. The van der Waals surface area contributed by atoms with Crippen LogP contribution in [-0.4, -0.2) is 36.9 Å². The topological polar surface area (TPSA) is 120 Å². The molecule has 8 nitrogen and oxygen atoms in total. The minimum absolute atomic E-state index is 0.106. The van der Waals surface area contributed by atoms with Gasteiger partial charge in [-0.2, -0.15) is 5.10 Å². The van der Waals surface area contributed by atoms with Crippen LogP contribution in [0.3, 0.4) is 0 Å². The number of hydrogen-bond acceptors (Lipinski definition) is 6. The fraction of sp³-hybridized carbons (Fsp3) is 0.600. The molecule has 0 aromatic carbocycles. The first-order valence-electron chi connectivity index (χ1n) is 5.41. The third kappa shape index (κ3) is 8.08. The number of hydrazone groups is 1. The number of amidine groups is 1. The van der Waals surface area contributed by atoms with Crippen LogP contribution in [0.1, 0.15) is 26.7 Å². The van der Waals surface area contributed by atoms with Crippen LogP contribution in [0.25, 0.3) is 0 Å². The number of esters is 2. The van der Waals surface area contributed by atoms with E-state index in [9.17, 15) is 14.4 Å². The molecule has 0 aromatic heterocycles. The zero-order valence-electron chi connectivity index (χ0n) is 10.4. The molecule has 0 bridgehead atoms. The van der Waals surface area contributed by atoms with Crippen molar-refractivity contribution in [3.8, 4) is 0 Å². The van der Waals surface area contributed by atoms with E-state index in [0.717, 1.165) is 0 Å². The first-order chi connectivity index (χ1) is 8.49. The van der Waals surface area contributed by atoms with E-state index in [0.29, 0.717) is 0 Å². The number of nitrogens with two attached hydrogens (primary N) is 1. The van der Waals surface area contributed by atoms with Gasteiger partial charge in [0.2, 0.25) is 0 Å². The number of nitrogens with one attached hydrogen (secondary N) is 1. The summed E-state index contributed by atoms with van der Waals surface area (Å²) in [5.41, 5.74) is 7.40. The van der Waals surface area contributed by atoms with E-state index in [1.165, 1.54) is 0 Å². The van der Waals surface area contributed by atoms with Gasteiger partial charge in [0.15, 0.2) is 0 Å². The Balaban J connectivity index is 4.01. The Hall–Kier alpha value is -2.12. The maximum absolute atomic E-state index is 11.2. The van der Waals surface area contributed by atoms with Crippen LogP contribution in [0.4, 0.5) is 0 Å². The molecule has 0 rings (SSSR count). The second-order valence-electron chi connectivity index (χ2n) is 3.10. The average Bonchev–Trinajstić information content (AvgIpc) is 2.27. The molecule has 3 N–H and O–H groups in total. The molecule has 0 spiro atoms. The molecular formula is C10H17N3O5. The Morgan fingerprint density at radius 1 is 1.06 bits per heavy atom. The SMILES string of the molecule is CCOC(=O)CC(=O)N/N=C(/N)CC(=O)OCC. The highest BCUT2D eigenvalue weighted by Crippen LogP contribution is 1.88. The van der Waals surface area contributed by atoms with Crippen LogP contribution >= 0.6 is 0 Å². The Morgan fingerprint density at radius 2 is 1.56 bits per heavy atom. The standard InChI is InChI=1S/C10H17N3O5/c1-3-17-9(15)5-7(11)12-13-8(14)6-10(16)18-4-2/h3-6H2,1-2H3,(H2,11,12)(H,13,14). The highest BCUT2D eigenvalue weighted by molar-refractivity contribution is 5.98. The van der Waals surface area contributed by atoms with Crippen LogP contribution in [0.2, 0.25) is 0 Å². The molecule has 102 valence electrons. The first-order valence-corrected chi connectivity index (χ1v) is 5.41. The largest absolute Gasteiger partial charge is 0.466 e. The highest BCUT2D eigenvalue weighted by atomic mass is 16.5. The number of rotatable bonds is 7. The molecule has 0 heterocycles. The van der Waals surface area contributed by atoms with Gasteiger partial charge in [0.05, 0.1) is 13.2 Å². The third-order valence-electron chi connectivity index (χ3n) is 1.57. The van der Waals surface area contributed by atoms with Crippen LogP contribution in [0.15, 0.2) is 5.10 Å². The van der Waals surface area contributed by atoms with E-state index in [2.05, 4.69) is 14.6 Å². The van der Waals surface area contributed by atoms with E-state index in [1.807, 2.05) is 5.43 Å². The lowest BCUT2D eigenvalue weighted by molar-refractivity contribution is -0.146. The summed E-state index contributed by atoms with van der Waals surface area (Å²) in [5.74, 6) is -1.97. The van der Waals surface area contributed by atoms with Crippen LogP contribution < -0.4 is 11.2 Å². The molecular weight excluding hydrogens is 242 g/mol. The van der Waals surface area contributed by atoms with E-state index >= 15 is 0 Å². The zero-order valence-corrected chi connectivity index (χ0v) is 10.4. The molecule has 8 heteroatoms. The molecule has 0 unspecified atom stereocenters. The average molecular weight is 259 g/mol. The quantitative estimate of drug-likeness (QED) is 0.205. The van der Waals surface area contributed by atoms with E-state index < -0.39 is 24.3 Å². The second-order valence-corrected chi connectivity index (χ2v) is 3.10. The van der Waals surface area contributed by atoms with E-state index in [1.54, 1.807) is 13.8 Å². The van der Waals surface area contributed by atoms with Gasteiger partial charge in [0.1, 0.15) is 18.7 Å². The number of carbonyl (C=O) groups excluding carboxylic acids is 3. The molecule has 0 saturated heterocycles. The summed E-state index contributed by atoms with van der Waals surface area (Å²) in [6.07, 6.45) is -0.683. The zero-order chi connectivity index (χ0) is 14.0.